The zero-order valence-electron chi connectivity index (χ0n) is 8.09. The van der Waals surface area contributed by atoms with E-state index in [1.165, 1.54) is 0 Å². The lowest BCUT2D eigenvalue weighted by molar-refractivity contribution is 0.150. The van der Waals surface area contributed by atoms with E-state index >= 15 is 0 Å². The Morgan fingerprint density at radius 2 is 2.00 bits per heavy atom. The Balaban J connectivity index is 3.89. The molecule has 0 aromatic carbocycles. The van der Waals surface area contributed by atoms with Crippen LogP contribution in [0, 0.1) is 0 Å². The molecule has 0 bridgehead atoms. The fraction of sp³-hybridized carbons (Fsp3) is 0.875. The van der Waals surface area contributed by atoms with Gasteiger partial charge < -0.3 is 9.64 Å². The molecule has 0 spiro atoms. The van der Waals surface area contributed by atoms with Crippen molar-refractivity contribution in [1.29, 1.82) is 0 Å². The van der Waals surface area contributed by atoms with E-state index in [0.29, 0.717) is 6.61 Å². The normalized spacial score (nSPS) is 12.5. The number of methoxy groups -OCH3 is 1. The van der Waals surface area contributed by atoms with Gasteiger partial charge in [-0.05, 0) is 13.8 Å². The Morgan fingerprint density at radius 1 is 1.45 bits per heavy atom. The highest BCUT2D eigenvalue weighted by atomic mass is 16.5. The Labute approximate surface area is 69.1 Å². The van der Waals surface area contributed by atoms with Crippen molar-refractivity contribution in [3.63, 3.8) is 0 Å². The van der Waals surface area contributed by atoms with Crippen molar-refractivity contribution in [2.75, 3.05) is 27.8 Å². The highest BCUT2D eigenvalue weighted by molar-refractivity contribution is 5.54. The molecular weight excluding hydrogens is 140 g/mol. The molecule has 0 aromatic heterocycles. The predicted molar refractivity (Wildman–Crippen MR) is 48.1 cm³/mol. The van der Waals surface area contributed by atoms with Crippen LogP contribution in [0.5, 0.6) is 0 Å². The Bertz CT molecular complexity index is 130. The van der Waals surface area contributed by atoms with Crippen LogP contribution in [-0.2, 0) is 4.74 Å². The van der Waals surface area contributed by atoms with Gasteiger partial charge in [-0.1, -0.05) is 0 Å². The molecule has 0 heterocycles. The molecule has 3 nitrogen and oxygen atoms in total. The average molecular weight is 158 g/mol. The second-order valence-corrected chi connectivity index (χ2v) is 3.45. The Hall–Kier alpha value is -0.570. The van der Waals surface area contributed by atoms with Gasteiger partial charge in [0, 0.05) is 21.2 Å². The van der Waals surface area contributed by atoms with Crippen molar-refractivity contribution in [2.45, 2.75) is 19.4 Å². The number of nitrogens with zero attached hydrogens (tertiary/aromatic N) is 2. The van der Waals surface area contributed by atoms with E-state index in [2.05, 4.69) is 4.99 Å². The molecule has 0 atom stereocenters. The summed E-state index contributed by atoms with van der Waals surface area (Å²) < 4.78 is 5.01. The van der Waals surface area contributed by atoms with Crippen LogP contribution in [-0.4, -0.2) is 44.6 Å². The number of hydrogen-bond acceptors (Lipinski definition) is 2. The van der Waals surface area contributed by atoms with E-state index in [1.807, 2.05) is 32.8 Å². The van der Waals surface area contributed by atoms with E-state index in [-0.39, 0.29) is 5.54 Å². The van der Waals surface area contributed by atoms with Crippen LogP contribution >= 0.6 is 0 Å². The van der Waals surface area contributed by atoms with Crippen molar-refractivity contribution in [2.24, 2.45) is 4.99 Å². The number of aliphatic imine (C=N–C) groups is 1. The Kier molecular flexibility index (Phi) is 4.11. The van der Waals surface area contributed by atoms with Gasteiger partial charge in [-0.2, -0.15) is 0 Å². The topological polar surface area (TPSA) is 24.8 Å². The Morgan fingerprint density at radius 3 is 2.36 bits per heavy atom. The molecule has 0 saturated carbocycles. The molecular formula is C8H18N2O. The van der Waals surface area contributed by atoms with Gasteiger partial charge in [0.2, 0.25) is 0 Å². The highest BCUT2D eigenvalue weighted by Crippen LogP contribution is 2.07. The number of hydrogen-bond donors (Lipinski definition) is 0. The van der Waals surface area contributed by atoms with Gasteiger partial charge >= 0.3 is 0 Å². The largest absolute Gasteiger partial charge is 0.382 e. The second-order valence-electron chi connectivity index (χ2n) is 3.45. The van der Waals surface area contributed by atoms with Crippen LogP contribution < -0.4 is 0 Å². The molecule has 11 heavy (non-hydrogen) atoms. The van der Waals surface area contributed by atoms with Crippen molar-refractivity contribution in [3.05, 3.63) is 0 Å². The summed E-state index contributed by atoms with van der Waals surface area (Å²) in [5.74, 6) is 0. The second kappa shape index (κ2) is 4.34. The van der Waals surface area contributed by atoms with Crippen molar-refractivity contribution in [3.8, 4) is 0 Å². The maximum atomic E-state index is 5.01. The summed E-state index contributed by atoms with van der Waals surface area (Å²) in [7, 11) is 5.59. The van der Waals surface area contributed by atoms with Crippen molar-refractivity contribution < 1.29 is 4.74 Å². The SMILES string of the molecule is COCC(C)(C)N=CN(C)C. The minimum Gasteiger partial charge on any atom is -0.382 e. The standard InChI is InChI=1S/C8H18N2O/c1-8(2,6-11-5)9-7-10(3)4/h7H,6H2,1-5H3. The highest BCUT2D eigenvalue weighted by Gasteiger charge is 2.13. The summed E-state index contributed by atoms with van der Waals surface area (Å²) >= 11 is 0. The molecule has 0 aliphatic carbocycles. The maximum absolute atomic E-state index is 5.01. The lowest BCUT2D eigenvalue weighted by Gasteiger charge is -2.18. The van der Waals surface area contributed by atoms with E-state index < -0.39 is 0 Å². The van der Waals surface area contributed by atoms with Gasteiger partial charge in [0.15, 0.2) is 0 Å². The van der Waals surface area contributed by atoms with E-state index in [4.69, 9.17) is 4.74 Å². The fourth-order valence-electron chi connectivity index (χ4n) is 0.662. The van der Waals surface area contributed by atoms with Crippen LogP contribution in [0.1, 0.15) is 13.8 Å². The first kappa shape index (κ1) is 10.4. The number of ether oxygens (including phenoxy) is 1. The molecule has 0 aromatic rings. The van der Waals surface area contributed by atoms with Gasteiger partial charge in [-0.3, -0.25) is 4.99 Å². The molecule has 0 radical (unpaired) electrons. The smallest absolute Gasteiger partial charge is 0.0852 e. The van der Waals surface area contributed by atoms with E-state index in [1.54, 1.807) is 13.4 Å². The van der Waals surface area contributed by atoms with E-state index in [0.717, 1.165) is 0 Å². The molecule has 0 fully saturated rings. The van der Waals surface area contributed by atoms with Crippen LogP contribution in [0.2, 0.25) is 0 Å². The summed E-state index contributed by atoms with van der Waals surface area (Å²) in [6, 6.07) is 0. The molecule has 3 heteroatoms. The summed E-state index contributed by atoms with van der Waals surface area (Å²) in [5.41, 5.74) is -0.112. The molecule has 0 N–H and O–H groups in total. The average Bonchev–Trinajstić information content (AvgIpc) is 1.84. The molecule has 0 amide bonds. The van der Waals surface area contributed by atoms with Gasteiger partial charge in [0.05, 0.1) is 18.5 Å². The van der Waals surface area contributed by atoms with Crippen LogP contribution in [0.25, 0.3) is 0 Å². The first-order valence-electron chi connectivity index (χ1n) is 3.68. The lowest BCUT2D eigenvalue weighted by Crippen LogP contribution is -2.25. The minimum atomic E-state index is -0.112. The summed E-state index contributed by atoms with van der Waals surface area (Å²) in [6.45, 7) is 4.73. The minimum absolute atomic E-state index is 0.112. The van der Waals surface area contributed by atoms with Crippen LogP contribution in [0.4, 0.5) is 0 Å². The molecule has 0 rings (SSSR count). The lowest BCUT2D eigenvalue weighted by atomic mass is 10.1. The van der Waals surface area contributed by atoms with E-state index in [9.17, 15) is 0 Å². The third-order valence-electron chi connectivity index (χ3n) is 1.14. The maximum Gasteiger partial charge on any atom is 0.0852 e. The number of rotatable bonds is 4. The van der Waals surface area contributed by atoms with Crippen molar-refractivity contribution in [1.82, 2.24) is 4.90 Å². The third-order valence-corrected chi connectivity index (χ3v) is 1.14. The van der Waals surface area contributed by atoms with Gasteiger partial charge in [-0.15, -0.1) is 0 Å². The zero-order chi connectivity index (χ0) is 8.91. The van der Waals surface area contributed by atoms with Gasteiger partial charge in [0.25, 0.3) is 0 Å². The zero-order valence-corrected chi connectivity index (χ0v) is 8.09. The summed E-state index contributed by atoms with van der Waals surface area (Å²) in [5, 5.41) is 0. The van der Waals surface area contributed by atoms with Gasteiger partial charge in [-0.25, -0.2) is 0 Å². The molecule has 0 aliphatic heterocycles. The summed E-state index contributed by atoms with van der Waals surface area (Å²) in [6.07, 6.45) is 1.80. The third kappa shape index (κ3) is 5.85. The predicted octanol–water partition coefficient (Wildman–Crippen LogP) is 1.00. The first-order chi connectivity index (χ1) is 4.98. The van der Waals surface area contributed by atoms with Crippen LogP contribution in [0.3, 0.4) is 0 Å². The van der Waals surface area contributed by atoms with Crippen LogP contribution in [0.15, 0.2) is 4.99 Å². The van der Waals surface area contributed by atoms with Crippen molar-refractivity contribution >= 4 is 6.34 Å². The molecule has 0 aliphatic rings. The fourth-order valence-corrected chi connectivity index (χ4v) is 0.662. The summed E-state index contributed by atoms with van der Waals surface area (Å²) in [4.78, 5) is 6.24. The molecule has 66 valence electrons. The van der Waals surface area contributed by atoms with Gasteiger partial charge in [0.1, 0.15) is 0 Å². The first-order valence-corrected chi connectivity index (χ1v) is 3.68. The molecule has 0 saturated heterocycles. The molecule has 0 unspecified atom stereocenters. The monoisotopic (exact) mass is 158 g/mol. The quantitative estimate of drug-likeness (QED) is 0.450.